The van der Waals surface area contributed by atoms with E-state index >= 15 is 0 Å². The summed E-state index contributed by atoms with van der Waals surface area (Å²) >= 11 is 0. The Hall–Kier alpha value is -1.26. The van der Waals surface area contributed by atoms with Crippen molar-refractivity contribution in [3.05, 3.63) is 23.8 Å². The van der Waals surface area contributed by atoms with Gasteiger partial charge in [-0.1, -0.05) is 6.07 Å². The van der Waals surface area contributed by atoms with Crippen molar-refractivity contribution in [2.75, 3.05) is 31.2 Å². The fraction of sp³-hybridized carbons (Fsp3) is 0.571. The maximum atomic E-state index is 9.86. The summed E-state index contributed by atoms with van der Waals surface area (Å²) in [6.07, 6.45) is -0.655. The number of aromatic hydroxyl groups is 1. The van der Waals surface area contributed by atoms with Crippen LogP contribution in [-0.4, -0.2) is 36.5 Å². The van der Waals surface area contributed by atoms with E-state index in [0.29, 0.717) is 18.8 Å². The molecule has 1 aromatic carbocycles. The Labute approximate surface area is 109 Å². The molecule has 1 rings (SSSR count). The van der Waals surface area contributed by atoms with E-state index in [9.17, 15) is 10.2 Å². The molecule has 0 aliphatic rings. The van der Waals surface area contributed by atoms with Crippen LogP contribution >= 0.6 is 0 Å². The first-order valence-corrected chi connectivity index (χ1v) is 6.43. The molecule has 0 aromatic heterocycles. The van der Waals surface area contributed by atoms with Gasteiger partial charge in [-0.15, -0.1) is 0 Å². The Morgan fingerprint density at radius 1 is 1.33 bits per heavy atom. The van der Waals surface area contributed by atoms with Crippen molar-refractivity contribution in [1.82, 2.24) is 0 Å². The van der Waals surface area contributed by atoms with Crippen molar-refractivity contribution in [1.29, 1.82) is 0 Å². The molecule has 1 unspecified atom stereocenters. The van der Waals surface area contributed by atoms with Gasteiger partial charge in [0.2, 0.25) is 0 Å². The Kier molecular flexibility index (Phi) is 5.95. The summed E-state index contributed by atoms with van der Waals surface area (Å²) in [6, 6.07) is 5.37. The van der Waals surface area contributed by atoms with Crippen molar-refractivity contribution in [2.24, 2.45) is 0 Å². The van der Waals surface area contributed by atoms with E-state index in [1.807, 2.05) is 13.0 Å². The van der Waals surface area contributed by atoms with Crippen LogP contribution < -0.4 is 4.90 Å². The molecule has 0 radical (unpaired) electrons. The zero-order valence-corrected chi connectivity index (χ0v) is 11.4. The first-order valence-electron chi connectivity index (χ1n) is 6.43. The predicted molar refractivity (Wildman–Crippen MR) is 73.1 cm³/mol. The van der Waals surface area contributed by atoms with Crippen LogP contribution in [0.4, 0.5) is 5.69 Å². The quantitative estimate of drug-likeness (QED) is 0.732. The number of aliphatic hydroxyl groups is 1. The predicted octanol–water partition coefficient (Wildman–Crippen LogP) is 2.31. The first kappa shape index (κ1) is 14.8. The summed E-state index contributed by atoms with van der Waals surface area (Å²) in [5, 5.41) is 19.3. The number of hydrogen-bond donors (Lipinski definition) is 2. The van der Waals surface area contributed by atoms with Gasteiger partial charge in [0.05, 0.1) is 12.7 Å². The molecule has 0 heterocycles. The number of ether oxygens (including phenoxy) is 1. The molecule has 0 bridgehead atoms. The molecule has 0 saturated heterocycles. The molecule has 0 aliphatic heterocycles. The lowest BCUT2D eigenvalue weighted by molar-refractivity contribution is 0.154. The number of likely N-dealkylation sites (N-methyl/N-ethyl adjacent to an activating group) is 1. The molecule has 4 nitrogen and oxygen atoms in total. The van der Waals surface area contributed by atoms with Gasteiger partial charge in [0, 0.05) is 37.0 Å². The van der Waals surface area contributed by atoms with Crippen molar-refractivity contribution in [3.8, 4) is 5.75 Å². The minimum atomic E-state index is -0.655. The van der Waals surface area contributed by atoms with Crippen LogP contribution in [0.3, 0.4) is 0 Å². The van der Waals surface area contributed by atoms with Gasteiger partial charge in [0.15, 0.2) is 0 Å². The number of nitrogens with zero attached hydrogens (tertiary/aromatic N) is 1. The van der Waals surface area contributed by atoms with Crippen LogP contribution in [0.1, 0.15) is 32.4 Å². The van der Waals surface area contributed by atoms with Crippen LogP contribution in [0.5, 0.6) is 5.75 Å². The molecular weight excluding hydrogens is 230 g/mol. The molecule has 0 fully saturated rings. The molecule has 4 heteroatoms. The number of phenols is 1. The molecule has 0 amide bonds. The van der Waals surface area contributed by atoms with Gasteiger partial charge in [-0.2, -0.15) is 0 Å². The van der Waals surface area contributed by atoms with E-state index in [4.69, 9.17) is 4.74 Å². The van der Waals surface area contributed by atoms with Gasteiger partial charge in [-0.05, 0) is 26.8 Å². The minimum Gasteiger partial charge on any atom is -0.507 e. The second kappa shape index (κ2) is 7.24. The van der Waals surface area contributed by atoms with Crippen molar-refractivity contribution < 1.29 is 14.9 Å². The lowest BCUT2D eigenvalue weighted by atomic mass is 10.1. The molecule has 102 valence electrons. The van der Waals surface area contributed by atoms with Crippen LogP contribution in [0.15, 0.2) is 18.2 Å². The van der Waals surface area contributed by atoms with Gasteiger partial charge >= 0.3 is 0 Å². The van der Waals surface area contributed by atoms with Gasteiger partial charge in [0.25, 0.3) is 0 Å². The number of anilines is 1. The molecule has 0 saturated carbocycles. The molecular formula is C14H23NO3. The van der Waals surface area contributed by atoms with E-state index in [1.54, 1.807) is 19.1 Å². The van der Waals surface area contributed by atoms with E-state index in [1.165, 1.54) is 0 Å². The third-order valence-corrected chi connectivity index (χ3v) is 2.92. The van der Waals surface area contributed by atoms with Gasteiger partial charge in [-0.3, -0.25) is 0 Å². The number of hydrogen-bond acceptors (Lipinski definition) is 4. The van der Waals surface area contributed by atoms with Crippen LogP contribution in [0, 0.1) is 0 Å². The van der Waals surface area contributed by atoms with Gasteiger partial charge in [0.1, 0.15) is 5.75 Å². The Morgan fingerprint density at radius 3 is 2.56 bits per heavy atom. The Bertz CT molecular complexity index is 366. The molecule has 0 spiro atoms. The fourth-order valence-corrected chi connectivity index (χ4v) is 1.87. The van der Waals surface area contributed by atoms with Crippen molar-refractivity contribution >= 4 is 5.69 Å². The standard InChI is InChI=1S/C14H23NO3/c1-4-15(8-9-18-5-2)12-6-7-13(11(3)16)14(17)10-12/h6-7,10-11,16-17H,4-5,8-9H2,1-3H3. The van der Waals surface area contributed by atoms with Gasteiger partial charge in [-0.25, -0.2) is 0 Å². The summed E-state index contributed by atoms with van der Waals surface area (Å²) in [4.78, 5) is 2.13. The molecule has 0 aliphatic carbocycles. The average Bonchev–Trinajstić information content (AvgIpc) is 2.34. The molecule has 2 N–H and O–H groups in total. The van der Waals surface area contributed by atoms with E-state index in [-0.39, 0.29) is 5.75 Å². The normalized spacial score (nSPS) is 12.4. The lowest BCUT2D eigenvalue weighted by Crippen LogP contribution is -2.27. The summed E-state index contributed by atoms with van der Waals surface area (Å²) in [6.45, 7) is 8.69. The van der Waals surface area contributed by atoms with Crippen LogP contribution in [-0.2, 0) is 4.74 Å². The maximum Gasteiger partial charge on any atom is 0.123 e. The minimum absolute atomic E-state index is 0.136. The highest BCUT2D eigenvalue weighted by atomic mass is 16.5. The second-order valence-electron chi connectivity index (χ2n) is 4.20. The third kappa shape index (κ3) is 3.89. The smallest absolute Gasteiger partial charge is 0.123 e. The molecule has 1 atom stereocenters. The first-order chi connectivity index (χ1) is 8.60. The number of benzene rings is 1. The Morgan fingerprint density at radius 2 is 2.06 bits per heavy atom. The maximum absolute atomic E-state index is 9.86. The number of rotatable bonds is 7. The van der Waals surface area contributed by atoms with Crippen molar-refractivity contribution in [3.63, 3.8) is 0 Å². The number of aliphatic hydroxyl groups excluding tert-OH is 1. The zero-order valence-electron chi connectivity index (χ0n) is 11.4. The number of phenolic OH excluding ortho intramolecular Hbond substituents is 1. The summed E-state index contributed by atoms with van der Waals surface area (Å²) in [5.74, 6) is 0.136. The fourth-order valence-electron chi connectivity index (χ4n) is 1.87. The van der Waals surface area contributed by atoms with Crippen LogP contribution in [0.25, 0.3) is 0 Å². The van der Waals surface area contributed by atoms with Crippen LogP contribution in [0.2, 0.25) is 0 Å². The van der Waals surface area contributed by atoms with Crippen molar-refractivity contribution in [2.45, 2.75) is 26.9 Å². The SMILES string of the molecule is CCOCCN(CC)c1ccc(C(C)O)c(O)c1. The third-order valence-electron chi connectivity index (χ3n) is 2.92. The monoisotopic (exact) mass is 253 g/mol. The Balaban J connectivity index is 2.77. The average molecular weight is 253 g/mol. The second-order valence-corrected chi connectivity index (χ2v) is 4.20. The zero-order chi connectivity index (χ0) is 13.5. The lowest BCUT2D eigenvalue weighted by Gasteiger charge is -2.23. The summed E-state index contributed by atoms with van der Waals surface area (Å²) < 4.78 is 5.34. The molecule has 18 heavy (non-hydrogen) atoms. The highest BCUT2D eigenvalue weighted by molar-refractivity contribution is 5.53. The molecule has 1 aromatic rings. The van der Waals surface area contributed by atoms with E-state index < -0.39 is 6.10 Å². The summed E-state index contributed by atoms with van der Waals surface area (Å²) in [5.41, 5.74) is 1.50. The highest BCUT2D eigenvalue weighted by Gasteiger charge is 2.10. The largest absolute Gasteiger partial charge is 0.507 e. The highest BCUT2D eigenvalue weighted by Crippen LogP contribution is 2.28. The van der Waals surface area contributed by atoms with E-state index in [2.05, 4.69) is 11.8 Å². The topological polar surface area (TPSA) is 52.9 Å². The van der Waals surface area contributed by atoms with Gasteiger partial charge < -0.3 is 19.8 Å². The summed E-state index contributed by atoms with van der Waals surface area (Å²) in [7, 11) is 0. The van der Waals surface area contributed by atoms with E-state index in [0.717, 1.165) is 18.8 Å².